The Kier molecular flexibility index (Phi) is 7.60. The quantitative estimate of drug-likeness (QED) is 0.312. The van der Waals surface area contributed by atoms with Gasteiger partial charge in [-0.1, -0.05) is 0 Å². The third-order valence-corrected chi connectivity index (χ3v) is 6.90. The van der Waals surface area contributed by atoms with E-state index in [4.69, 9.17) is 0 Å². The van der Waals surface area contributed by atoms with E-state index in [-0.39, 0.29) is 28.8 Å². The third kappa shape index (κ3) is 5.86. The van der Waals surface area contributed by atoms with E-state index < -0.39 is 17.6 Å². The Labute approximate surface area is 230 Å². The van der Waals surface area contributed by atoms with Crippen molar-refractivity contribution in [1.82, 2.24) is 34.9 Å². The average molecular weight is 547 g/mol. The highest BCUT2D eigenvalue weighted by Gasteiger charge is 2.25. The van der Waals surface area contributed by atoms with Crippen LogP contribution in [0.5, 0.6) is 0 Å². The number of rotatable bonds is 8. The summed E-state index contributed by atoms with van der Waals surface area (Å²) in [6.45, 7) is 6.54. The maximum absolute atomic E-state index is 14.6. The lowest BCUT2D eigenvalue weighted by atomic mass is 10.1. The molecule has 3 amide bonds. The van der Waals surface area contributed by atoms with Crippen molar-refractivity contribution in [2.45, 2.75) is 19.9 Å². The van der Waals surface area contributed by atoms with Crippen LogP contribution in [0, 0.1) is 5.82 Å². The van der Waals surface area contributed by atoms with Crippen LogP contribution in [0.25, 0.3) is 22.3 Å². The number of halogens is 1. The number of pyridine rings is 1. The van der Waals surface area contributed by atoms with Crippen LogP contribution in [0.1, 0.15) is 34.6 Å². The lowest BCUT2D eigenvalue weighted by Crippen LogP contribution is -2.53. The van der Waals surface area contributed by atoms with Crippen LogP contribution in [-0.4, -0.2) is 86.0 Å². The lowest BCUT2D eigenvalue weighted by Gasteiger charge is -2.36. The van der Waals surface area contributed by atoms with Gasteiger partial charge in [0.15, 0.2) is 0 Å². The van der Waals surface area contributed by atoms with E-state index in [2.05, 4.69) is 25.7 Å². The second kappa shape index (κ2) is 11.3. The first-order valence-electron chi connectivity index (χ1n) is 13.1. The molecule has 1 aromatic carbocycles. The number of piperazine rings is 1. The molecule has 0 saturated carbocycles. The fraction of sp³-hybridized carbons (Fsp3) is 0.321. The summed E-state index contributed by atoms with van der Waals surface area (Å²) in [5.41, 5.74) is 2.63. The van der Waals surface area contributed by atoms with Crippen LogP contribution in [0.2, 0.25) is 0 Å². The lowest BCUT2D eigenvalue weighted by molar-refractivity contribution is -0.137. The largest absolute Gasteiger partial charge is 0.351 e. The standard InChI is InChI=1S/C28H31FN8O3/c1-17(2)37-9-8-36(16-25(37)38)7-6-30-27(39)18-4-5-22(29)24(11-18)34-28(40)20-10-19-12-23(33-26(19)31-13-20)21-14-32-35(3)15-21/h4-5,10-15,17H,6-9,16H2,1-3H3,(H,30,39)(H,31,33)(H,34,40). The summed E-state index contributed by atoms with van der Waals surface area (Å²) in [6.07, 6.45) is 4.99. The number of nitrogens with zero attached hydrogens (tertiary/aromatic N) is 5. The minimum Gasteiger partial charge on any atom is -0.351 e. The molecule has 4 aromatic rings. The molecule has 0 bridgehead atoms. The van der Waals surface area contributed by atoms with Crippen molar-refractivity contribution in [2.75, 3.05) is 38.0 Å². The number of aryl methyl sites for hydroxylation is 1. The van der Waals surface area contributed by atoms with E-state index in [1.807, 2.05) is 43.0 Å². The Morgan fingerprint density at radius 3 is 2.65 bits per heavy atom. The number of amides is 3. The number of H-pyrrole nitrogens is 1. The van der Waals surface area contributed by atoms with Gasteiger partial charge in [-0.05, 0) is 44.2 Å². The van der Waals surface area contributed by atoms with Gasteiger partial charge < -0.3 is 20.5 Å². The highest BCUT2D eigenvalue weighted by atomic mass is 19.1. The number of fused-ring (bicyclic) bond motifs is 1. The molecule has 3 N–H and O–H groups in total. The van der Waals surface area contributed by atoms with Crippen molar-refractivity contribution in [3.63, 3.8) is 0 Å². The van der Waals surface area contributed by atoms with Gasteiger partial charge >= 0.3 is 0 Å². The van der Waals surface area contributed by atoms with E-state index in [0.717, 1.165) is 23.9 Å². The van der Waals surface area contributed by atoms with Gasteiger partial charge in [0, 0.05) is 68.2 Å². The molecule has 4 heterocycles. The topological polar surface area (TPSA) is 128 Å². The molecule has 0 spiro atoms. The van der Waals surface area contributed by atoms with Gasteiger partial charge in [0.2, 0.25) is 5.91 Å². The van der Waals surface area contributed by atoms with Gasteiger partial charge in [0.05, 0.1) is 29.7 Å². The van der Waals surface area contributed by atoms with Crippen LogP contribution in [0.15, 0.2) is 48.9 Å². The Bertz CT molecular complexity index is 1580. The summed E-state index contributed by atoms with van der Waals surface area (Å²) in [6, 6.07) is 7.49. The summed E-state index contributed by atoms with van der Waals surface area (Å²) in [4.78, 5) is 49.3. The number of anilines is 1. The number of carbonyl (C=O) groups is 3. The normalized spacial score (nSPS) is 14.2. The molecule has 1 aliphatic rings. The number of aromatic nitrogens is 4. The maximum atomic E-state index is 14.6. The Hall–Kier alpha value is -4.58. The molecule has 11 nitrogen and oxygen atoms in total. The van der Waals surface area contributed by atoms with E-state index in [1.165, 1.54) is 18.3 Å². The zero-order chi connectivity index (χ0) is 28.4. The minimum atomic E-state index is -0.666. The first kappa shape index (κ1) is 27.0. The van der Waals surface area contributed by atoms with E-state index in [1.54, 1.807) is 16.9 Å². The van der Waals surface area contributed by atoms with Gasteiger partial charge in [0.25, 0.3) is 11.8 Å². The van der Waals surface area contributed by atoms with Crippen LogP contribution in [0.4, 0.5) is 10.1 Å². The van der Waals surface area contributed by atoms with Crippen molar-refractivity contribution in [2.24, 2.45) is 7.05 Å². The molecule has 208 valence electrons. The summed E-state index contributed by atoms with van der Waals surface area (Å²) in [7, 11) is 1.82. The fourth-order valence-electron chi connectivity index (χ4n) is 4.71. The average Bonchev–Trinajstić information content (AvgIpc) is 3.55. The summed E-state index contributed by atoms with van der Waals surface area (Å²) >= 11 is 0. The summed E-state index contributed by atoms with van der Waals surface area (Å²) in [5, 5.41) is 10.2. The first-order chi connectivity index (χ1) is 19.2. The molecule has 0 aliphatic carbocycles. The zero-order valence-corrected chi connectivity index (χ0v) is 22.6. The number of nitrogens with one attached hydrogen (secondary N) is 3. The van der Waals surface area contributed by atoms with Crippen LogP contribution < -0.4 is 10.6 Å². The molecule has 5 rings (SSSR count). The molecule has 0 atom stereocenters. The van der Waals surface area contributed by atoms with Crippen molar-refractivity contribution >= 4 is 34.4 Å². The highest BCUT2D eigenvalue weighted by Crippen LogP contribution is 2.24. The number of hydrogen-bond acceptors (Lipinski definition) is 6. The molecule has 3 aromatic heterocycles. The van der Waals surface area contributed by atoms with Gasteiger partial charge in [0.1, 0.15) is 11.5 Å². The SMILES string of the molecule is CC(C)N1CCN(CCNC(=O)c2ccc(F)c(NC(=O)c3cnc4[nH]c(-c5cnn(C)c5)cc4c3)c2)CC1=O. The summed E-state index contributed by atoms with van der Waals surface area (Å²) < 4.78 is 16.2. The Morgan fingerprint density at radius 1 is 1.10 bits per heavy atom. The second-order valence-electron chi connectivity index (χ2n) is 10.1. The molecule has 1 fully saturated rings. The summed E-state index contributed by atoms with van der Waals surface area (Å²) in [5.74, 6) is -1.55. The molecule has 40 heavy (non-hydrogen) atoms. The van der Waals surface area contributed by atoms with Crippen molar-refractivity contribution in [1.29, 1.82) is 0 Å². The van der Waals surface area contributed by atoms with E-state index in [0.29, 0.717) is 37.2 Å². The molecule has 1 aliphatic heterocycles. The van der Waals surface area contributed by atoms with Gasteiger partial charge in [-0.2, -0.15) is 5.10 Å². The zero-order valence-electron chi connectivity index (χ0n) is 22.6. The smallest absolute Gasteiger partial charge is 0.257 e. The molecular weight excluding hydrogens is 515 g/mol. The van der Waals surface area contributed by atoms with Crippen LogP contribution >= 0.6 is 0 Å². The fourth-order valence-corrected chi connectivity index (χ4v) is 4.71. The van der Waals surface area contributed by atoms with Gasteiger partial charge in [-0.25, -0.2) is 9.37 Å². The predicted molar refractivity (Wildman–Crippen MR) is 148 cm³/mol. The number of carbonyl (C=O) groups excluding carboxylic acids is 3. The highest BCUT2D eigenvalue weighted by molar-refractivity contribution is 6.06. The molecule has 12 heteroatoms. The maximum Gasteiger partial charge on any atom is 0.257 e. The molecule has 0 unspecified atom stereocenters. The van der Waals surface area contributed by atoms with Crippen LogP contribution in [-0.2, 0) is 11.8 Å². The van der Waals surface area contributed by atoms with Crippen molar-refractivity contribution < 1.29 is 18.8 Å². The second-order valence-corrected chi connectivity index (χ2v) is 10.1. The number of benzene rings is 1. The third-order valence-electron chi connectivity index (χ3n) is 6.90. The number of hydrogen-bond donors (Lipinski definition) is 3. The Morgan fingerprint density at radius 2 is 1.93 bits per heavy atom. The number of aromatic amines is 1. The van der Waals surface area contributed by atoms with E-state index in [9.17, 15) is 18.8 Å². The molecule has 1 saturated heterocycles. The van der Waals surface area contributed by atoms with Crippen molar-refractivity contribution in [3.05, 3.63) is 65.9 Å². The van der Waals surface area contributed by atoms with E-state index >= 15 is 0 Å². The monoisotopic (exact) mass is 546 g/mol. The predicted octanol–water partition coefficient (Wildman–Crippen LogP) is 2.64. The van der Waals surface area contributed by atoms with Gasteiger partial charge in [-0.3, -0.25) is 24.0 Å². The van der Waals surface area contributed by atoms with Crippen molar-refractivity contribution in [3.8, 4) is 11.3 Å². The minimum absolute atomic E-state index is 0.0753. The van der Waals surface area contributed by atoms with Crippen LogP contribution in [0.3, 0.4) is 0 Å². The molecule has 0 radical (unpaired) electrons. The first-order valence-corrected chi connectivity index (χ1v) is 13.1. The van der Waals surface area contributed by atoms with Gasteiger partial charge in [-0.15, -0.1) is 0 Å². The Balaban J connectivity index is 1.20. The molecular formula is C28H31FN8O3.